The van der Waals surface area contributed by atoms with Crippen LogP contribution in [-0.4, -0.2) is 43.9 Å². The summed E-state index contributed by atoms with van der Waals surface area (Å²) in [5.74, 6) is -0.0403. The van der Waals surface area contributed by atoms with Crippen LogP contribution in [0.2, 0.25) is 0 Å². The highest BCUT2D eigenvalue weighted by Gasteiger charge is 2.28. The molecule has 2 amide bonds. The molecule has 1 aliphatic rings. The molecule has 0 atom stereocenters. The van der Waals surface area contributed by atoms with Gasteiger partial charge in [-0.15, -0.1) is 0 Å². The Morgan fingerprint density at radius 3 is 2.24 bits per heavy atom. The maximum atomic E-state index is 13.0. The van der Waals surface area contributed by atoms with E-state index in [9.17, 15) is 9.59 Å². The first-order valence-corrected chi connectivity index (χ1v) is 11.5. The summed E-state index contributed by atoms with van der Waals surface area (Å²) >= 11 is 0. The molecular weight excluding hydrogens is 424 g/mol. The third-order valence-corrected chi connectivity index (χ3v) is 5.81. The Morgan fingerprint density at radius 2 is 1.56 bits per heavy atom. The van der Waals surface area contributed by atoms with Gasteiger partial charge in [0.05, 0.1) is 11.3 Å². The molecule has 34 heavy (non-hydrogen) atoms. The highest BCUT2D eigenvalue weighted by molar-refractivity contribution is 6.37. The van der Waals surface area contributed by atoms with Gasteiger partial charge < -0.3 is 20.4 Å². The van der Waals surface area contributed by atoms with E-state index in [-0.39, 0.29) is 11.8 Å². The number of hydrogen-bond acceptors (Lipinski definition) is 4. The maximum Gasteiger partial charge on any atom is 0.258 e. The minimum absolute atomic E-state index is 0.0916. The SMILES string of the molecule is CCC(=O)N(CCN(C)C)c1ccc(NC(=C2C(=O)Nc3ccccc32)c2ccccc2)cc1. The molecule has 6 nitrogen and oxygen atoms in total. The summed E-state index contributed by atoms with van der Waals surface area (Å²) in [5.41, 5.74) is 5.65. The van der Waals surface area contributed by atoms with Gasteiger partial charge in [-0.2, -0.15) is 0 Å². The number of hydrogen-bond donors (Lipinski definition) is 2. The fourth-order valence-corrected chi connectivity index (χ4v) is 4.01. The first kappa shape index (κ1) is 23.3. The van der Waals surface area contributed by atoms with E-state index in [0.717, 1.165) is 40.4 Å². The Balaban J connectivity index is 1.69. The highest BCUT2D eigenvalue weighted by Crippen LogP contribution is 2.37. The minimum atomic E-state index is -0.132. The number of nitrogens with zero attached hydrogens (tertiary/aromatic N) is 2. The molecule has 0 aromatic heterocycles. The molecule has 174 valence electrons. The summed E-state index contributed by atoms with van der Waals surface area (Å²) in [4.78, 5) is 29.4. The topological polar surface area (TPSA) is 64.7 Å². The average molecular weight is 455 g/mol. The molecule has 4 rings (SSSR count). The number of anilines is 3. The quantitative estimate of drug-likeness (QED) is 0.474. The van der Waals surface area contributed by atoms with Gasteiger partial charge in [0.1, 0.15) is 0 Å². The normalized spacial score (nSPS) is 13.9. The van der Waals surface area contributed by atoms with E-state index in [4.69, 9.17) is 0 Å². The molecule has 1 heterocycles. The van der Waals surface area contributed by atoms with Crippen molar-refractivity contribution in [3.63, 3.8) is 0 Å². The standard InChI is InChI=1S/C28H30N4O2/c1-4-25(33)32(19-18-31(2)3)22-16-14-21(15-17-22)29-27(20-10-6-5-7-11-20)26-23-12-8-9-13-24(23)30-28(26)34/h5-17,29H,4,18-19H2,1-3H3,(H,30,34). The van der Waals surface area contributed by atoms with Crippen LogP contribution in [-0.2, 0) is 9.59 Å². The summed E-state index contributed by atoms with van der Waals surface area (Å²) in [5, 5.41) is 6.44. The number of amides is 2. The number of rotatable bonds is 8. The van der Waals surface area contributed by atoms with Crippen molar-refractivity contribution in [2.24, 2.45) is 0 Å². The van der Waals surface area contributed by atoms with Gasteiger partial charge in [0, 0.05) is 42.1 Å². The number of carbonyl (C=O) groups excluding carboxylic acids is 2. The van der Waals surface area contributed by atoms with Gasteiger partial charge in [0.2, 0.25) is 5.91 Å². The lowest BCUT2D eigenvalue weighted by atomic mass is 10.00. The number of benzene rings is 3. The molecule has 3 aromatic rings. The van der Waals surface area contributed by atoms with Crippen LogP contribution < -0.4 is 15.5 Å². The van der Waals surface area contributed by atoms with Crippen molar-refractivity contribution in [2.75, 3.05) is 42.7 Å². The van der Waals surface area contributed by atoms with E-state index < -0.39 is 0 Å². The van der Waals surface area contributed by atoms with Crippen molar-refractivity contribution in [1.29, 1.82) is 0 Å². The van der Waals surface area contributed by atoms with Gasteiger partial charge in [0.25, 0.3) is 5.91 Å². The number of fused-ring (bicyclic) bond motifs is 1. The molecule has 0 bridgehead atoms. The molecule has 6 heteroatoms. The summed E-state index contributed by atoms with van der Waals surface area (Å²) in [6.07, 6.45) is 0.451. The molecule has 0 aliphatic carbocycles. The summed E-state index contributed by atoms with van der Waals surface area (Å²) in [6.45, 7) is 3.29. The third kappa shape index (κ3) is 5.02. The van der Waals surface area contributed by atoms with Gasteiger partial charge in [-0.1, -0.05) is 55.5 Å². The lowest BCUT2D eigenvalue weighted by molar-refractivity contribution is -0.118. The average Bonchev–Trinajstić information content (AvgIpc) is 3.19. The van der Waals surface area contributed by atoms with Gasteiger partial charge in [-0.05, 0) is 50.0 Å². The summed E-state index contributed by atoms with van der Waals surface area (Å²) < 4.78 is 0. The molecule has 0 radical (unpaired) electrons. The van der Waals surface area contributed by atoms with Crippen molar-refractivity contribution < 1.29 is 9.59 Å². The van der Waals surface area contributed by atoms with Crippen LogP contribution in [0.4, 0.5) is 17.1 Å². The Hall–Kier alpha value is -3.90. The number of carbonyl (C=O) groups is 2. The summed E-state index contributed by atoms with van der Waals surface area (Å²) in [7, 11) is 4.00. The number of para-hydroxylation sites is 1. The fraction of sp³-hybridized carbons (Fsp3) is 0.214. The van der Waals surface area contributed by atoms with Gasteiger partial charge in [-0.25, -0.2) is 0 Å². The number of nitrogens with one attached hydrogen (secondary N) is 2. The molecular formula is C28H30N4O2. The van der Waals surface area contributed by atoms with E-state index >= 15 is 0 Å². The van der Waals surface area contributed by atoms with E-state index in [2.05, 4.69) is 15.5 Å². The van der Waals surface area contributed by atoms with E-state index in [1.807, 2.05) is 105 Å². The zero-order valence-corrected chi connectivity index (χ0v) is 19.8. The molecule has 0 saturated heterocycles. The van der Waals surface area contributed by atoms with Crippen LogP contribution in [0.3, 0.4) is 0 Å². The van der Waals surface area contributed by atoms with Crippen molar-refractivity contribution >= 4 is 40.1 Å². The Bertz CT molecular complexity index is 1200. The van der Waals surface area contributed by atoms with Crippen molar-refractivity contribution in [3.8, 4) is 0 Å². The highest BCUT2D eigenvalue weighted by atomic mass is 16.2. The van der Waals surface area contributed by atoms with Crippen LogP contribution in [0.25, 0.3) is 11.3 Å². The van der Waals surface area contributed by atoms with E-state index in [0.29, 0.717) is 18.5 Å². The molecule has 1 aliphatic heterocycles. The summed E-state index contributed by atoms with van der Waals surface area (Å²) in [6, 6.07) is 25.3. The second kappa shape index (κ2) is 10.4. The molecule has 0 spiro atoms. The second-order valence-corrected chi connectivity index (χ2v) is 8.49. The largest absolute Gasteiger partial charge is 0.354 e. The second-order valence-electron chi connectivity index (χ2n) is 8.49. The van der Waals surface area contributed by atoms with Gasteiger partial charge >= 0.3 is 0 Å². The van der Waals surface area contributed by atoms with Crippen molar-refractivity contribution in [2.45, 2.75) is 13.3 Å². The van der Waals surface area contributed by atoms with Crippen LogP contribution in [0, 0.1) is 0 Å². The molecule has 3 aromatic carbocycles. The van der Waals surface area contributed by atoms with Crippen molar-refractivity contribution in [3.05, 3.63) is 90.0 Å². The smallest absolute Gasteiger partial charge is 0.258 e. The van der Waals surface area contributed by atoms with E-state index in [1.54, 1.807) is 0 Å². The lowest BCUT2D eigenvalue weighted by Crippen LogP contribution is -2.36. The fourth-order valence-electron chi connectivity index (χ4n) is 4.01. The maximum absolute atomic E-state index is 13.0. The first-order valence-electron chi connectivity index (χ1n) is 11.5. The third-order valence-electron chi connectivity index (χ3n) is 5.81. The van der Waals surface area contributed by atoms with Crippen LogP contribution in [0.15, 0.2) is 78.9 Å². The van der Waals surface area contributed by atoms with Crippen LogP contribution >= 0.6 is 0 Å². The Kier molecular flexibility index (Phi) is 7.09. The van der Waals surface area contributed by atoms with E-state index in [1.165, 1.54) is 0 Å². The first-order chi connectivity index (χ1) is 16.5. The monoisotopic (exact) mass is 454 g/mol. The van der Waals surface area contributed by atoms with Crippen LogP contribution in [0.5, 0.6) is 0 Å². The number of likely N-dealkylation sites (N-methyl/N-ethyl adjacent to an activating group) is 1. The Labute approximate surface area is 200 Å². The lowest BCUT2D eigenvalue weighted by Gasteiger charge is -2.24. The predicted octanol–water partition coefficient (Wildman–Crippen LogP) is 4.92. The van der Waals surface area contributed by atoms with Gasteiger partial charge in [-0.3, -0.25) is 9.59 Å². The van der Waals surface area contributed by atoms with Crippen LogP contribution in [0.1, 0.15) is 24.5 Å². The van der Waals surface area contributed by atoms with Gasteiger partial charge in [0.15, 0.2) is 0 Å². The zero-order chi connectivity index (χ0) is 24.1. The molecule has 0 fully saturated rings. The minimum Gasteiger partial charge on any atom is -0.354 e. The molecule has 0 unspecified atom stereocenters. The van der Waals surface area contributed by atoms with Crippen molar-refractivity contribution in [1.82, 2.24) is 4.90 Å². The molecule has 0 saturated carbocycles. The predicted molar refractivity (Wildman–Crippen MR) is 140 cm³/mol. The Morgan fingerprint density at radius 1 is 0.882 bits per heavy atom. The zero-order valence-electron chi connectivity index (χ0n) is 19.8. The molecule has 2 N–H and O–H groups in total.